The summed E-state index contributed by atoms with van der Waals surface area (Å²) in [5.74, 6) is -2.28. The first-order valence-electron chi connectivity index (χ1n) is 9.82. The van der Waals surface area contributed by atoms with Gasteiger partial charge in [-0.3, -0.25) is 19.8 Å². The zero-order chi connectivity index (χ0) is 20.6. The van der Waals surface area contributed by atoms with Gasteiger partial charge in [0.1, 0.15) is 12.0 Å². The molecule has 2 atom stereocenters. The highest BCUT2D eigenvalue weighted by Crippen LogP contribution is 2.28. The van der Waals surface area contributed by atoms with Crippen LogP contribution in [0.2, 0.25) is 0 Å². The van der Waals surface area contributed by atoms with E-state index < -0.39 is 23.4 Å². The number of carbonyl (C=O) groups excluding carboxylic acids is 1. The monoisotopic (exact) mass is 410 g/mol. The van der Waals surface area contributed by atoms with Crippen LogP contribution in [-0.4, -0.2) is 89.4 Å². The van der Waals surface area contributed by atoms with E-state index in [1.54, 1.807) is 6.07 Å². The zero-order valence-electron chi connectivity index (χ0n) is 16.0. The number of anilines is 1. The van der Waals surface area contributed by atoms with Gasteiger partial charge in [0.15, 0.2) is 0 Å². The fraction of sp³-hybridized carbons (Fsp3) is 0.667. The third kappa shape index (κ3) is 4.30. The highest BCUT2D eigenvalue weighted by atomic mass is 19.3. The lowest BCUT2D eigenvalue weighted by Crippen LogP contribution is -2.51. The average Bonchev–Trinajstić information content (AvgIpc) is 3.34. The largest absolute Gasteiger partial charge is 0.354 e. The summed E-state index contributed by atoms with van der Waals surface area (Å²) in [6, 6.07) is 2.90. The smallest absolute Gasteiger partial charge is 0.287 e. The molecule has 29 heavy (non-hydrogen) atoms. The molecule has 1 N–H and O–H groups in total. The fourth-order valence-electron chi connectivity index (χ4n) is 4.32. The number of aromatic nitrogens is 1. The van der Waals surface area contributed by atoms with Crippen molar-refractivity contribution in [2.24, 2.45) is 0 Å². The quantitative estimate of drug-likeness (QED) is 0.577. The Morgan fingerprint density at radius 1 is 1.24 bits per heavy atom. The Morgan fingerprint density at radius 2 is 2.00 bits per heavy atom. The van der Waals surface area contributed by atoms with Gasteiger partial charge in [-0.05, 0) is 12.5 Å². The number of nitrogens with zero attached hydrogens (tertiary/aromatic N) is 5. The highest BCUT2D eigenvalue weighted by Gasteiger charge is 2.43. The van der Waals surface area contributed by atoms with Crippen molar-refractivity contribution >= 4 is 17.4 Å². The van der Waals surface area contributed by atoms with E-state index >= 15 is 0 Å². The van der Waals surface area contributed by atoms with E-state index in [9.17, 15) is 23.7 Å². The molecule has 3 saturated heterocycles. The molecular weight excluding hydrogens is 386 g/mol. The Bertz CT molecular complexity index is 769. The van der Waals surface area contributed by atoms with Crippen molar-refractivity contribution in [1.82, 2.24) is 20.1 Å². The van der Waals surface area contributed by atoms with Gasteiger partial charge in [0.25, 0.3) is 11.6 Å². The number of carbonyl (C=O) groups is 1. The number of alkyl halides is 2. The molecule has 0 aliphatic carbocycles. The number of hydrogen-bond donors (Lipinski definition) is 1. The van der Waals surface area contributed by atoms with E-state index in [1.165, 1.54) is 17.2 Å². The molecule has 3 fully saturated rings. The second-order valence-electron chi connectivity index (χ2n) is 7.87. The minimum absolute atomic E-state index is 0.0316. The second kappa shape index (κ2) is 7.79. The number of nitro groups is 1. The van der Waals surface area contributed by atoms with Crippen LogP contribution in [0.15, 0.2) is 18.3 Å². The lowest BCUT2D eigenvalue weighted by molar-refractivity contribution is -0.385. The van der Waals surface area contributed by atoms with Crippen LogP contribution in [0, 0.1) is 10.1 Å². The predicted molar refractivity (Wildman–Crippen MR) is 101 cm³/mol. The number of amides is 1. The molecule has 0 radical (unpaired) electrons. The van der Waals surface area contributed by atoms with E-state index in [0.29, 0.717) is 18.8 Å². The van der Waals surface area contributed by atoms with Crippen molar-refractivity contribution in [2.75, 3.05) is 50.7 Å². The van der Waals surface area contributed by atoms with Crippen molar-refractivity contribution in [3.8, 4) is 0 Å². The standard InChI is InChI=1S/C18H24F2N6O3/c19-18(20)3-4-25(12-18)17(27)15-9-14(11-21-15)23-5-7-24(8-6-23)16-2-1-13(10-22-16)26(28)29/h1-2,10,14-15,21H,3-9,11-12H2/t14-,15-/m0/s1. The molecule has 1 amide bonds. The van der Waals surface area contributed by atoms with Gasteiger partial charge in [0, 0.05) is 57.8 Å². The Balaban J connectivity index is 1.27. The normalized spacial score (nSPS) is 27.4. The Hall–Kier alpha value is -2.40. The zero-order valence-corrected chi connectivity index (χ0v) is 16.0. The van der Waals surface area contributed by atoms with Crippen LogP contribution >= 0.6 is 0 Å². The Kier molecular flexibility index (Phi) is 5.34. The molecule has 4 heterocycles. The fourth-order valence-corrected chi connectivity index (χ4v) is 4.32. The Labute approximate surface area is 166 Å². The van der Waals surface area contributed by atoms with Gasteiger partial charge in [-0.15, -0.1) is 0 Å². The first kappa shape index (κ1) is 19.9. The van der Waals surface area contributed by atoms with Gasteiger partial charge in [-0.25, -0.2) is 13.8 Å². The Morgan fingerprint density at radius 3 is 2.59 bits per heavy atom. The molecule has 158 valence electrons. The molecule has 1 aromatic heterocycles. The van der Waals surface area contributed by atoms with Crippen LogP contribution in [0.5, 0.6) is 0 Å². The number of hydrogen-bond acceptors (Lipinski definition) is 7. The molecule has 1 aromatic rings. The van der Waals surface area contributed by atoms with Gasteiger partial charge in [-0.1, -0.05) is 0 Å². The molecule has 3 aliphatic heterocycles. The minimum atomic E-state index is -2.77. The maximum Gasteiger partial charge on any atom is 0.287 e. The molecular formula is C18H24F2N6O3. The molecule has 0 unspecified atom stereocenters. The summed E-state index contributed by atoms with van der Waals surface area (Å²) in [5, 5.41) is 13.9. The van der Waals surface area contributed by atoms with Crippen LogP contribution in [0.4, 0.5) is 20.3 Å². The van der Waals surface area contributed by atoms with Crippen molar-refractivity contribution in [1.29, 1.82) is 0 Å². The summed E-state index contributed by atoms with van der Waals surface area (Å²) in [5.41, 5.74) is -0.0316. The molecule has 3 aliphatic rings. The lowest BCUT2D eigenvalue weighted by atomic mass is 10.1. The number of halogens is 2. The molecule has 9 nitrogen and oxygen atoms in total. The number of likely N-dealkylation sites (tertiary alicyclic amines) is 1. The molecule has 0 spiro atoms. The van der Waals surface area contributed by atoms with E-state index in [-0.39, 0.29) is 30.6 Å². The van der Waals surface area contributed by atoms with E-state index in [4.69, 9.17) is 0 Å². The third-order valence-corrected chi connectivity index (χ3v) is 5.98. The summed E-state index contributed by atoms with van der Waals surface area (Å²) in [7, 11) is 0. The second-order valence-corrected chi connectivity index (χ2v) is 7.87. The molecule has 0 saturated carbocycles. The van der Waals surface area contributed by atoms with Crippen LogP contribution in [0.1, 0.15) is 12.8 Å². The molecule has 11 heteroatoms. The van der Waals surface area contributed by atoms with Crippen LogP contribution in [-0.2, 0) is 4.79 Å². The summed E-state index contributed by atoms with van der Waals surface area (Å²) in [6.07, 6.45) is 1.63. The van der Waals surface area contributed by atoms with E-state index in [0.717, 1.165) is 26.2 Å². The van der Waals surface area contributed by atoms with Gasteiger partial charge in [0.2, 0.25) is 5.91 Å². The average molecular weight is 410 g/mol. The van der Waals surface area contributed by atoms with Gasteiger partial charge in [-0.2, -0.15) is 0 Å². The van der Waals surface area contributed by atoms with E-state index in [2.05, 4.69) is 20.1 Å². The number of pyridine rings is 1. The van der Waals surface area contributed by atoms with Gasteiger partial charge >= 0.3 is 0 Å². The molecule has 0 bridgehead atoms. The minimum Gasteiger partial charge on any atom is -0.354 e. The lowest BCUT2D eigenvalue weighted by Gasteiger charge is -2.38. The number of nitrogens with one attached hydrogen (secondary N) is 1. The summed E-state index contributed by atoms with van der Waals surface area (Å²) in [4.78, 5) is 32.6. The van der Waals surface area contributed by atoms with Crippen LogP contribution in [0.25, 0.3) is 0 Å². The topological polar surface area (TPSA) is 94.8 Å². The third-order valence-electron chi connectivity index (χ3n) is 5.98. The summed E-state index contributed by atoms with van der Waals surface area (Å²) < 4.78 is 26.8. The maximum atomic E-state index is 13.4. The first-order valence-corrected chi connectivity index (χ1v) is 9.82. The first-order chi connectivity index (χ1) is 13.8. The van der Waals surface area contributed by atoms with Crippen LogP contribution in [0.3, 0.4) is 0 Å². The van der Waals surface area contributed by atoms with Crippen molar-refractivity contribution in [3.05, 3.63) is 28.4 Å². The van der Waals surface area contributed by atoms with Crippen molar-refractivity contribution in [3.63, 3.8) is 0 Å². The van der Waals surface area contributed by atoms with Crippen LogP contribution < -0.4 is 10.2 Å². The predicted octanol–water partition coefficient (Wildman–Crippen LogP) is 0.710. The molecule has 4 rings (SSSR count). The summed E-state index contributed by atoms with van der Waals surface area (Å²) >= 11 is 0. The SMILES string of the molecule is O=C([C@@H]1C[C@H](N2CCN(c3ccc([N+](=O)[O-])cn3)CC2)CN1)N1CCC(F)(F)C1. The molecule has 0 aromatic carbocycles. The van der Waals surface area contributed by atoms with E-state index in [1.807, 2.05) is 0 Å². The summed E-state index contributed by atoms with van der Waals surface area (Å²) in [6.45, 7) is 3.35. The van der Waals surface area contributed by atoms with Gasteiger partial charge < -0.3 is 15.1 Å². The van der Waals surface area contributed by atoms with Crippen molar-refractivity contribution < 1.29 is 18.5 Å². The van der Waals surface area contributed by atoms with Crippen molar-refractivity contribution in [2.45, 2.75) is 30.8 Å². The number of piperazine rings is 1. The maximum absolute atomic E-state index is 13.4. The number of rotatable bonds is 4. The van der Waals surface area contributed by atoms with Gasteiger partial charge in [0.05, 0.1) is 17.5 Å². The highest BCUT2D eigenvalue weighted by molar-refractivity contribution is 5.82.